The third-order valence-corrected chi connectivity index (χ3v) is 4.79. The summed E-state index contributed by atoms with van der Waals surface area (Å²) in [6.45, 7) is 3.92. The number of hydrogen-bond acceptors (Lipinski definition) is 6. The van der Waals surface area contributed by atoms with Gasteiger partial charge in [-0.15, -0.1) is 0 Å². The Morgan fingerprint density at radius 1 is 1.31 bits per heavy atom. The zero-order valence-corrected chi connectivity index (χ0v) is 16.7. The van der Waals surface area contributed by atoms with Gasteiger partial charge < -0.3 is 14.6 Å². The first-order valence-corrected chi connectivity index (χ1v) is 9.54. The Morgan fingerprint density at radius 2 is 2.04 bits per heavy atom. The summed E-state index contributed by atoms with van der Waals surface area (Å²) in [4.78, 5) is 36.6. The van der Waals surface area contributed by atoms with Crippen LogP contribution in [-0.2, 0) is 9.59 Å². The Labute approximate surface area is 163 Å². The van der Waals surface area contributed by atoms with Crippen LogP contribution in [0.15, 0.2) is 21.5 Å². The van der Waals surface area contributed by atoms with Crippen LogP contribution >= 0.6 is 27.7 Å². The second-order valence-corrected chi connectivity index (χ2v) is 7.13. The van der Waals surface area contributed by atoms with Crippen LogP contribution in [-0.4, -0.2) is 46.9 Å². The number of aliphatic carboxylic acids is 1. The van der Waals surface area contributed by atoms with Crippen LogP contribution in [0.25, 0.3) is 6.08 Å². The molecule has 0 spiro atoms. The van der Waals surface area contributed by atoms with Crippen LogP contribution in [0.5, 0.6) is 11.5 Å². The number of carbonyl (C=O) groups excluding carboxylic acids is 2. The lowest BCUT2D eigenvalue weighted by Crippen LogP contribution is -2.28. The molecule has 1 aliphatic heterocycles. The van der Waals surface area contributed by atoms with Crippen LogP contribution in [0.3, 0.4) is 0 Å². The molecule has 1 aromatic carbocycles. The molecule has 0 aromatic heterocycles. The van der Waals surface area contributed by atoms with Gasteiger partial charge >= 0.3 is 5.97 Å². The summed E-state index contributed by atoms with van der Waals surface area (Å²) in [5.41, 5.74) is 0.630. The molecule has 1 aromatic rings. The quantitative estimate of drug-likeness (QED) is 0.611. The van der Waals surface area contributed by atoms with Gasteiger partial charge in [-0.05, 0) is 64.8 Å². The van der Waals surface area contributed by atoms with Crippen molar-refractivity contribution in [2.45, 2.75) is 20.3 Å². The zero-order valence-electron chi connectivity index (χ0n) is 14.3. The number of carboxylic acid groups (broad SMARTS) is 1. The number of amides is 2. The van der Waals surface area contributed by atoms with E-state index in [-0.39, 0.29) is 16.9 Å². The van der Waals surface area contributed by atoms with E-state index >= 15 is 0 Å². The maximum Gasteiger partial charge on any atom is 0.341 e. The van der Waals surface area contributed by atoms with Crippen LogP contribution in [0.4, 0.5) is 4.79 Å². The van der Waals surface area contributed by atoms with Gasteiger partial charge in [-0.25, -0.2) is 4.79 Å². The molecule has 9 heteroatoms. The number of carboxylic acids is 1. The molecule has 7 nitrogen and oxygen atoms in total. The standard InChI is InChI=1S/C17H18BrNO6S/c1-3-5-19-16(22)13(26-17(19)23)8-10-6-11(18)15(25-9-14(20)21)12(7-10)24-4-2/h6-8H,3-5,9H2,1-2H3,(H,20,21)/b13-8+. The normalized spacial score (nSPS) is 15.7. The molecular formula is C17H18BrNO6S. The molecule has 140 valence electrons. The minimum atomic E-state index is -1.10. The highest BCUT2D eigenvalue weighted by atomic mass is 79.9. The first-order chi connectivity index (χ1) is 12.4. The molecular weight excluding hydrogens is 426 g/mol. The SMILES string of the molecule is CCCN1C(=O)S/C(=C/c2cc(Br)c(OCC(=O)O)c(OCC)c2)C1=O. The number of thioether (sulfide) groups is 1. The number of benzene rings is 1. The molecule has 0 saturated carbocycles. The van der Waals surface area contributed by atoms with Crippen LogP contribution < -0.4 is 9.47 Å². The summed E-state index contributed by atoms with van der Waals surface area (Å²) >= 11 is 4.23. The number of ether oxygens (including phenoxy) is 2. The number of rotatable bonds is 8. The van der Waals surface area contributed by atoms with Crippen molar-refractivity contribution in [2.24, 2.45) is 0 Å². The predicted octanol–water partition coefficient (Wildman–Crippen LogP) is 3.76. The number of hydrogen-bond donors (Lipinski definition) is 1. The number of nitrogens with zero attached hydrogens (tertiary/aromatic N) is 1. The molecule has 26 heavy (non-hydrogen) atoms. The Morgan fingerprint density at radius 3 is 2.65 bits per heavy atom. The van der Waals surface area contributed by atoms with Gasteiger partial charge in [0.2, 0.25) is 0 Å². The summed E-state index contributed by atoms with van der Waals surface area (Å²) in [6, 6.07) is 3.31. The zero-order chi connectivity index (χ0) is 19.3. The van der Waals surface area contributed by atoms with Gasteiger partial charge in [0.05, 0.1) is 16.0 Å². The summed E-state index contributed by atoms with van der Waals surface area (Å²) in [5.74, 6) is -0.803. The Balaban J connectivity index is 2.34. The van der Waals surface area contributed by atoms with Crippen molar-refractivity contribution in [2.75, 3.05) is 19.8 Å². The van der Waals surface area contributed by atoms with Crippen molar-refractivity contribution in [1.29, 1.82) is 0 Å². The van der Waals surface area contributed by atoms with E-state index in [0.29, 0.717) is 40.3 Å². The van der Waals surface area contributed by atoms with Crippen molar-refractivity contribution in [3.8, 4) is 11.5 Å². The first-order valence-electron chi connectivity index (χ1n) is 7.93. The Hall–Kier alpha value is -2.00. The minimum absolute atomic E-state index is 0.269. The Kier molecular flexibility index (Phi) is 7.10. The van der Waals surface area contributed by atoms with Crippen LogP contribution in [0, 0.1) is 0 Å². The van der Waals surface area contributed by atoms with Crippen LogP contribution in [0.2, 0.25) is 0 Å². The molecule has 0 radical (unpaired) electrons. The molecule has 1 heterocycles. The largest absolute Gasteiger partial charge is 0.490 e. The lowest BCUT2D eigenvalue weighted by atomic mass is 10.2. The fourth-order valence-electron chi connectivity index (χ4n) is 2.28. The maximum absolute atomic E-state index is 12.3. The summed E-state index contributed by atoms with van der Waals surface area (Å²) in [5, 5.41) is 8.50. The molecule has 0 bridgehead atoms. The summed E-state index contributed by atoms with van der Waals surface area (Å²) in [6.07, 6.45) is 2.30. The van der Waals surface area contributed by atoms with Gasteiger partial charge in [-0.1, -0.05) is 6.92 Å². The van der Waals surface area contributed by atoms with Gasteiger partial charge in [-0.3, -0.25) is 14.5 Å². The number of carbonyl (C=O) groups is 3. The van der Waals surface area contributed by atoms with Gasteiger partial charge in [0.15, 0.2) is 18.1 Å². The monoisotopic (exact) mass is 443 g/mol. The molecule has 2 rings (SSSR count). The first kappa shape index (κ1) is 20.3. The van der Waals surface area contributed by atoms with Crippen molar-refractivity contribution in [3.05, 3.63) is 27.1 Å². The molecule has 1 N–H and O–H groups in total. The van der Waals surface area contributed by atoms with E-state index < -0.39 is 12.6 Å². The maximum atomic E-state index is 12.3. The highest BCUT2D eigenvalue weighted by Gasteiger charge is 2.34. The molecule has 2 amide bonds. The average Bonchev–Trinajstić information content (AvgIpc) is 2.82. The Bertz CT molecular complexity index is 764. The van der Waals surface area contributed by atoms with E-state index in [1.54, 1.807) is 25.1 Å². The van der Waals surface area contributed by atoms with E-state index in [4.69, 9.17) is 14.6 Å². The summed E-state index contributed by atoms with van der Waals surface area (Å²) in [7, 11) is 0. The smallest absolute Gasteiger partial charge is 0.341 e. The van der Waals surface area contributed by atoms with Crippen molar-refractivity contribution in [3.63, 3.8) is 0 Å². The van der Waals surface area contributed by atoms with E-state index in [1.807, 2.05) is 6.92 Å². The third kappa shape index (κ3) is 4.79. The summed E-state index contributed by atoms with van der Waals surface area (Å²) < 4.78 is 11.3. The van der Waals surface area contributed by atoms with Crippen molar-refractivity contribution >= 4 is 50.9 Å². The predicted molar refractivity (Wildman–Crippen MR) is 101 cm³/mol. The fraction of sp³-hybridized carbons (Fsp3) is 0.353. The van der Waals surface area contributed by atoms with Crippen molar-refractivity contribution < 1.29 is 29.0 Å². The molecule has 1 fully saturated rings. The van der Waals surface area contributed by atoms with E-state index in [2.05, 4.69) is 15.9 Å². The molecule has 0 atom stereocenters. The lowest BCUT2D eigenvalue weighted by molar-refractivity contribution is -0.139. The van der Waals surface area contributed by atoms with Gasteiger partial charge in [0.25, 0.3) is 11.1 Å². The topological polar surface area (TPSA) is 93.1 Å². The third-order valence-electron chi connectivity index (χ3n) is 3.29. The highest BCUT2D eigenvalue weighted by molar-refractivity contribution is 9.10. The van der Waals surface area contributed by atoms with Gasteiger partial charge in [-0.2, -0.15) is 0 Å². The molecule has 0 unspecified atom stereocenters. The molecule has 1 saturated heterocycles. The number of halogens is 1. The minimum Gasteiger partial charge on any atom is -0.490 e. The van der Waals surface area contributed by atoms with E-state index in [9.17, 15) is 14.4 Å². The van der Waals surface area contributed by atoms with E-state index in [1.165, 1.54) is 4.90 Å². The fourth-order valence-corrected chi connectivity index (χ4v) is 3.72. The van der Waals surface area contributed by atoms with Gasteiger partial charge in [0, 0.05) is 6.54 Å². The second kappa shape index (κ2) is 9.09. The lowest BCUT2D eigenvalue weighted by Gasteiger charge is -2.13. The second-order valence-electron chi connectivity index (χ2n) is 5.28. The van der Waals surface area contributed by atoms with E-state index in [0.717, 1.165) is 11.8 Å². The molecule has 0 aliphatic carbocycles. The van der Waals surface area contributed by atoms with Crippen molar-refractivity contribution in [1.82, 2.24) is 4.90 Å². The molecule has 1 aliphatic rings. The number of imide groups is 1. The van der Waals surface area contributed by atoms with Gasteiger partial charge in [0.1, 0.15) is 0 Å². The van der Waals surface area contributed by atoms with Crippen LogP contribution in [0.1, 0.15) is 25.8 Å². The highest BCUT2D eigenvalue weighted by Crippen LogP contribution is 2.39. The average molecular weight is 444 g/mol.